The summed E-state index contributed by atoms with van der Waals surface area (Å²) in [4.78, 5) is 10.2. The molecular weight excluding hydrogens is 723 g/mol. The summed E-state index contributed by atoms with van der Waals surface area (Å²) in [5.41, 5.74) is 11.2. The van der Waals surface area contributed by atoms with Crippen LogP contribution < -0.4 is 0 Å². The van der Waals surface area contributed by atoms with E-state index in [1.54, 1.807) is 0 Å². The van der Waals surface area contributed by atoms with Crippen molar-refractivity contribution in [3.63, 3.8) is 0 Å². The Morgan fingerprint density at radius 3 is 1.92 bits per heavy atom. The number of furan rings is 2. The second-order valence-corrected chi connectivity index (χ2v) is 15.3. The summed E-state index contributed by atoms with van der Waals surface area (Å²) in [7, 11) is 0. The van der Waals surface area contributed by atoms with Crippen molar-refractivity contribution < 1.29 is 8.83 Å². The molecule has 0 atom stereocenters. The van der Waals surface area contributed by atoms with Crippen molar-refractivity contribution in [1.82, 2.24) is 14.5 Å². The van der Waals surface area contributed by atoms with E-state index in [2.05, 4.69) is 144 Å². The lowest BCUT2D eigenvalue weighted by molar-refractivity contribution is 0.653. The van der Waals surface area contributed by atoms with E-state index in [4.69, 9.17) is 18.8 Å². The molecule has 0 fully saturated rings. The first-order chi connectivity index (χ1) is 29.2. The Kier molecular flexibility index (Phi) is 6.66. The van der Waals surface area contributed by atoms with Crippen molar-refractivity contribution >= 4 is 87.4 Å². The third-order valence-electron chi connectivity index (χ3n) is 12.0. The Balaban J connectivity index is 1.12. The topological polar surface area (TPSA) is 57.0 Å². The minimum Gasteiger partial charge on any atom is -0.454 e. The Hall–Kier alpha value is -8.02. The van der Waals surface area contributed by atoms with E-state index in [0.29, 0.717) is 11.5 Å². The van der Waals surface area contributed by atoms with E-state index in [0.717, 1.165) is 93.7 Å². The minimum absolute atomic E-state index is 0.559. The highest BCUT2D eigenvalue weighted by molar-refractivity contribution is 6.25. The maximum Gasteiger partial charge on any atom is 0.231 e. The maximum absolute atomic E-state index is 7.08. The Bertz CT molecular complexity index is 3840. The molecule has 0 aliphatic heterocycles. The van der Waals surface area contributed by atoms with Crippen LogP contribution in [0.2, 0.25) is 0 Å². The van der Waals surface area contributed by atoms with Gasteiger partial charge in [-0.3, -0.25) is 0 Å². The van der Waals surface area contributed by atoms with E-state index in [1.165, 1.54) is 21.5 Å². The fourth-order valence-corrected chi connectivity index (χ4v) is 9.32. The van der Waals surface area contributed by atoms with E-state index in [-0.39, 0.29) is 0 Å². The second kappa shape index (κ2) is 12.2. The smallest absolute Gasteiger partial charge is 0.231 e. The molecule has 13 aromatic rings. The first kappa shape index (κ1) is 32.1. The molecule has 5 nitrogen and oxygen atoms in total. The molecule has 5 heteroatoms. The van der Waals surface area contributed by atoms with Crippen LogP contribution in [-0.4, -0.2) is 14.5 Å². The molecule has 0 saturated heterocycles. The van der Waals surface area contributed by atoms with Gasteiger partial charge in [-0.2, -0.15) is 4.98 Å². The highest BCUT2D eigenvalue weighted by Gasteiger charge is 2.24. The zero-order valence-electron chi connectivity index (χ0n) is 31.6. The molecule has 13 rings (SSSR count). The summed E-state index contributed by atoms with van der Waals surface area (Å²) in [6.07, 6.45) is 0. The predicted molar refractivity (Wildman–Crippen MR) is 242 cm³/mol. The first-order valence-electron chi connectivity index (χ1n) is 19.9. The van der Waals surface area contributed by atoms with Gasteiger partial charge in [-0.15, -0.1) is 0 Å². The molecule has 0 spiro atoms. The predicted octanol–water partition coefficient (Wildman–Crippen LogP) is 14.7. The van der Waals surface area contributed by atoms with Crippen LogP contribution in [0.25, 0.3) is 127 Å². The Labute approximate surface area is 337 Å². The molecular formula is C54H31N3O2. The van der Waals surface area contributed by atoms with Crippen molar-refractivity contribution in [2.45, 2.75) is 0 Å². The molecule has 9 aromatic carbocycles. The normalized spacial score (nSPS) is 12.1. The Morgan fingerprint density at radius 1 is 0.390 bits per heavy atom. The molecule has 0 aliphatic rings. The molecule has 4 heterocycles. The summed E-state index contributed by atoms with van der Waals surface area (Å²) >= 11 is 0. The van der Waals surface area contributed by atoms with Crippen LogP contribution >= 0.6 is 0 Å². The molecule has 0 aliphatic carbocycles. The van der Waals surface area contributed by atoms with Crippen LogP contribution in [0.4, 0.5) is 0 Å². The zero-order valence-corrected chi connectivity index (χ0v) is 31.6. The van der Waals surface area contributed by atoms with Crippen molar-refractivity contribution in [1.29, 1.82) is 0 Å². The number of hydrogen-bond acceptors (Lipinski definition) is 4. The largest absolute Gasteiger partial charge is 0.454 e. The number of hydrogen-bond donors (Lipinski definition) is 0. The second-order valence-electron chi connectivity index (χ2n) is 15.3. The van der Waals surface area contributed by atoms with Gasteiger partial charge in [-0.1, -0.05) is 146 Å². The van der Waals surface area contributed by atoms with Gasteiger partial charge in [-0.05, 0) is 75.1 Å². The van der Waals surface area contributed by atoms with Crippen molar-refractivity contribution in [3.8, 4) is 39.5 Å². The highest BCUT2D eigenvalue weighted by Crippen LogP contribution is 2.46. The number of nitrogens with zero attached hydrogens (tertiary/aromatic N) is 3. The van der Waals surface area contributed by atoms with E-state index < -0.39 is 0 Å². The lowest BCUT2D eigenvalue weighted by atomic mass is 9.95. The molecule has 4 aromatic heterocycles. The molecule has 0 unspecified atom stereocenters. The van der Waals surface area contributed by atoms with Gasteiger partial charge in [-0.25, -0.2) is 4.98 Å². The van der Waals surface area contributed by atoms with Gasteiger partial charge in [0.15, 0.2) is 11.4 Å². The van der Waals surface area contributed by atoms with Crippen LogP contribution in [0.15, 0.2) is 197 Å². The molecule has 0 amide bonds. The van der Waals surface area contributed by atoms with Crippen molar-refractivity contribution in [2.24, 2.45) is 0 Å². The zero-order chi connectivity index (χ0) is 38.6. The lowest BCUT2D eigenvalue weighted by Gasteiger charge is -2.12. The molecule has 59 heavy (non-hydrogen) atoms. The number of rotatable bonds is 4. The lowest BCUT2D eigenvalue weighted by Crippen LogP contribution is -1.95. The van der Waals surface area contributed by atoms with Crippen LogP contribution in [0.1, 0.15) is 0 Å². The fourth-order valence-electron chi connectivity index (χ4n) is 9.32. The number of para-hydroxylation sites is 1. The van der Waals surface area contributed by atoms with Gasteiger partial charge < -0.3 is 13.4 Å². The maximum atomic E-state index is 7.08. The standard InChI is InChI=1S/C54H31N3O2/c1-3-14-33(15-4-1)51-50-42-30-37(24-27-46(42)59-54(50)56-53(55-51)34-16-5-2-6-17-34)39-25-26-44(52-49(39)48-38-20-10-9-13-32(38)23-28-47(48)58-52)57-43-22-12-11-21-40(43)41-29-35-18-7-8-19-36(35)31-45(41)57/h1-31H. The summed E-state index contributed by atoms with van der Waals surface area (Å²) in [5, 5.41) is 11.2. The quantitative estimate of drug-likeness (QED) is 0.180. The van der Waals surface area contributed by atoms with E-state index in [9.17, 15) is 0 Å². The van der Waals surface area contributed by atoms with Crippen LogP contribution in [-0.2, 0) is 0 Å². The summed E-state index contributed by atoms with van der Waals surface area (Å²) in [6.45, 7) is 0. The highest BCUT2D eigenvalue weighted by atomic mass is 16.3. The van der Waals surface area contributed by atoms with Gasteiger partial charge in [0.05, 0.1) is 27.8 Å². The third kappa shape index (κ3) is 4.73. The Morgan fingerprint density at radius 2 is 1.08 bits per heavy atom. The van der Waals surface area contributed by atoms with Crippen molar-refractivity contribution in [2.75, 3.05) is 0 Å². The number of fused-ring (bicyclic) bond motifs is 12. The van der Waals surface area contributed by atoms with Gasteiger partial charge in [0, 0.05) is 38.1 Å². The fraction of sp³-hybridized carbons (Fsp3) is 0. The molecule has 274 valence electrons. The van der Waals surface area contributed by atoms with E-state index in [1.807, 2.05) is 48.5 Å². The summed E-state index contributed by atoms with van der Waals surface area (Å²) in [5.74, 6) is 0.628. The SMILES string of the molecule is c1ccc(-c2nc(-c3ccccc3)c3c(n2)oc2ccc(-c4ccc(-n5c6ccccc6c6cc7ccccc7cc65)c5oc6ccc7ccccc7c6c45)cc23)cc1. The summed E-state index contributed by atoms with van der Waals surface area (Å²) in [6, 6.07) is 66.1. The van der Waals surface area contributed by atoms with Crippen LogP contribution in [0.3, 0.4) is 0 Å². The van der Waals surface area contributed by atoms with Gasteiger partial charge >= 0.3 is 0 Å². The van der Waals surface area contributed by atoms with Crippen molar-refractivity contribution in [3.05, 3.63) is 188 Å². The first-order valence-corrected chi connectivity index (χ1v) is 19.9. The summed E-state index contributed by atoms with van der Waals surface area (Å²) < 4.78 is 16.0. The third-order valence-corrected chi connectivity index (χ3v) is 12.0. The van der Waals surface area contributed by atoms with Crippen LogP contribution in [0.5, 0.6) is 0 Å². The average Bonchev–Trinajstić information content (AvgIpc) is 3.98. The average molecular weight is 754 g/mol. The molecule has 0 N–H and O–H groups in total. The molecule has 0 bridgehead atoms. The number of benzene rings is 9. The van der Waals surface area contributed by atoms with Crippen LogP contribution in [0, 0.1) is 0 Å². The van der Waals surface area contributed by atoms with E-state index >= 15 is 0 Å². The van der Waals surface area contributed by atoms with Gasteiger partial charge in [0.1, 0.15) is 11.2 Å². The monoisotopic (exact) mass is 753 g/mol. The van der Waals surface area contributed by atoms with Gasteiger partial charge in [0.2, 0.25) is 5.71 Å². The molecule has 0 radical (unpaired) electrons. The number of aromatic nitrogens is 3. The van der Waals surface area contributed by atoms with Gasteiger partial charge in [0.25, 0.3) is 0 Å². The minimum atomic E-state index is 0.559. The molecule has 0 saturated carbocycles.